The summed E-state index contributed by atoms with van der Waals surface area (Å²) in [5.74, 6) is 0.710. The van der Waals surface area contributed by atoms with Crippen LogP contribution in [0.15, 0.2) is 48.5 Å². The van der Waals surface area contributed by atoms with Crippen LogP contribution in [0, 0.1) is 0 Å². The molecule has 1 saturated carbocycles. The van der Waals surface area contributed by atoms with Crippen molar-refractivity contribution in [2.45, 2.75) is 23.8 Å². The topological polar surface area (TPSA) is 37.8 Å². The van der Waals surface area contributed by atoms with E-state index in [1.165, 1.54) is 25.0 Å². The van der Waals surface area contributed by atoms with Gasteiger partial charge in [0.05, 0.1) is 5.56 Å². The van der Waals surface area contributed by atoms with Gasteiger partial charge in [0, 0.05) is 27.6 Å². The van der Waals surface area contributed by atoms with Crippen LogP contribution in [0.1, 0.15) is 18.4 Å². The van der Waals surface area contributed by atoms with Gasteiger partial charge in [0.25, 0.3) is 0 Å². The second-order valence-electron chi connectivity index (χ2n) is 6.76. The van der Waals surface area contributed by atoms with E-state index in [-0.39, 0.29) is 4.75 Å². The number of benzene rings is 2. The van der Waals surface area contributed by atoms with E-state index in [9.17, 15) is 13.2 Å². The quantitative estimate of drug-likeness (QED) is 0.614. The lowest BCUT2D eigenvalue weighted by Gasteiger charge is -2.15. The molecular weight excluding hydrogens is 371 g/mol. The molecule has 7 heteroatoms. The lowest BCUT2D eigenvalue weighted by Crippen LogP contribution is -2.18. The molecule has 0 atom stereocenters. The lowest BCUT2D eigenvalue weighted by atomic mass is 10.0. The number of thioether (sulfide) groups is 1. The fraction of sp³-hybridized carbons (Fsp3) is 0.300. The van der Waals surface area contributed by atoms with Crippen molar-refractivity contribution in [2.24, 2.45) is 0 Å². The average Bonchev–Trinajstić information content (AvgIpc) is 3.46. The third-order valence-electron chi connectivity index (χ3n) is 4.99. The number of rotatable bonds is 5. The van der Waals surface area contributed by atoms with E-state index in [4.69, 9.17) is 0 Å². The Labute approximate surface area is 159 Å². The van der Waals surface area contributed by atoms with E-state index in [1.54, 1.807) is 0 Å². The number of nitrogens with zero attached hydrogens (tertiary/aromatic N) is 2. The van der Waals surface area contributed by atoms with Gasteiger partial charge in [-0.15, -0.1) is 10.2 Å². The van der Waals surface area contributed by atoms with Gasteiger partial charge in [0.2, 0.25) is 0 Å². The average molecular weight is 389 g/mol. The summed E-state index contributed by atoms with van der Waals surface area (Å²) in [6.07, 6.45) is 0.147. The van der Waals surface area contributed by atoms with Gasteiger partial charge < -0.3 is 5.32 Å². The highest BCUT2D eigenvalue weighted by Crippen LogP contribution is 2.47. The lowest BCUT2D eigenvalue weighted by molar-refractivity contribution is -0.137. The van der Waals surface area contributed by atoms with Crippen LogP contribution >= 0.6 is 11.8 Å². The van der Waals surface area contributed by atoms with Crippen molar-refractivity contribution in [1.29, 1.82) is 0 Å². The Kier molecular flexibility index (Phi) is 4.50. The molecule has 0 saturated heterocycles. The number of halogens is 3. The molecule has 0 aliphatic heterocycles. The van der Waals surface area contributed by atoms with Crippen LogP contribution in [-0.4, -0.2) is 27.7 Å². The van der Waals surface area contributed by atoms with Crippen LogP contribution in [0.5, 0.6) is 0 Å². The first kappa shape index (κ1) is 18.1. The minimum absolute atomic E-state index is 0.287. The number of fused-ring (bicyclic) bond motifs is 1. The van der Waals surface area contributed by atoms with E-state index < -0.39 is 11.7 Å². The number of aromatic nitrogens is 2. The zero-order valence-corrected chi connectivity index (χ0v) is 15.5. The highest BCUT2D eigenvalue weighted by atomic mass is 32.2. The summed E-state index contributed by atoms with van der Waals surface area (Å²) in [4.78, 5) is 0. The van der Waals surface area contributed by atoms with Crippen molar-refractivity contribution in [3.63, 3.8) is 0 Å². The Morgan fingerprint density at radius 1 is 1.00 bits per heavy atom. The van der Waals surface area contributed by atoms with Crippen molar-refractivity contribution in [1.82, 2.24) is 10.2 Å². The Hall–Kier alpha value is -2.28. The van der Waals surface area contributed by atoms with Gasteiger partial charge in [-0.05, 0) is 31.2 Å². The van der Waals surface area contributed by atoms with Crippen molar-refractivity contribution in [3.05, 3.63) is 54.1 Å². The molecule has 0 amide bonds. The first-order valence-corrected chi connectivity index (χ1v) is 9.86. The molecule has 27 heavy (non-hydrogen) atoms. The molecule has 1 heterocycles. The van der Waals surface area contributed by atoms with Gasteiger partial charge in [-0.1, -0.05) is 36.4 Å². The molecule has 1 N–H and O–H groups in total. The maximum absolute atomic E-state index is 12.8. The van der Waals surface area contributed by atoms with Crippen LogP contribution in [0.3, 0.4) is 0 Å². The number of anilines is 1. The largest absolute Gasteiger partial charge is 0.416 e. The monoisotopic (exact) mass is 389 g/mol. The van der Waals surface area contributed by atoms with Crippen molar-refractivity contribution in [3.8, 4) is 11.3 Å². The van der Waals surface area contributed by atoms with Gasteiger partial charge >= 0.3 is 6.18 Å². The molecule has 1 fully saturated rings. The van der Waals surface area contributed by atoms with Crippen molar-refractivity contribution < 1.29 is 13.2 Å². The predicted octanol–water partition coefficient (Wildman–Crippen LogP) is 5.62. The van der Waals surface area contributed by atoms with Crippen molar-refractivity contribution >= 4 is 28.4 Å². The molecule has 2 aromatic carbocycles. The third kappa shape index (κ3) is 3.60. The van der Waals surface area contributed by atoms with Gasteiger partial charge in [-0.25, -0.2) is 0 Å². The smallest absolute Gasteiger partial charge is 0.367 e. The molecular formula is C20H18F3N3S. The van der Waals surface area contributed by atoms with Crippen LogP contribution in [0.4, 0.5) is 19.0 Å². The van der Waals surface area contributed by atoms with E-state index in [0.717, 1.165) is 29.4 Å². The molecule has 0 spiro atoms. The summed E-state index contributed by atoms with van der Waals surface area (Å²) in [6, 6.07) is 12.7. The maximum Gasteiger partial charge on any atom is 0.416 e. The van der Waals surface area contributed by atoms with Gasteiger partial charge in [-0.3, -0.25) is 0 Å². The summed E-state index contributed by atoms with van der Waals surface area (Å²) in [6.45, 7) is 0.826. The first-order valence-electron chi connectivity index (χ1n) is 8.64. The molecule has 3 aromatic rings. The molecule has 0 radical (unpaired) electrons. The SMILES string of the molecule is CSC1(CNc2nnc(-c3ccc(C(F)(F)F)cc3)c3ccccc23)CC1. The minimum atomic E-state index is -4.35. The summed E-state index contributed by atoms with van der Waals surface area (Å²) in [5, 5.41) is 13.8. The Bertz CT molecular complexity index is 966. The fourth-order valence-corrected chi connectivity index (χ4v) is 3.83. The van der Waals surface area contributed by atoms with E-state index in [2.05, 4.69) is 21.8 Å². The molecule has 0 bridgehead atoms. The minimum Gasteiger partial charge on any atom is -0.367 e. The van der Waals surface area contributed by atoms with Gasteiger partial charge in [0.15, 0.2) is 5.82 Å². The molecule has 3 nitrogen and oxygen atoms in total. The normalized spacial score (nSPS) is 15.7. The number of alkyl halides is 3. The molecule has 1 aliphatic carbocycles. The highest BCUT2D eigenvalue weighted by molar-refractivity contribution is 8.00. The molecule has 1 aliphatic rings. The first-order chi connectivity index (χ1) is 12.9. The Morgan fingerprint density at radius 3 is 2.26 bits per heavy atom. The van der Waals surface area contributed by atoms with Crippen LogP contribution in [0.25, 0.3) is 22.0 Å². The van der Waals surface area contributed by atoms with Crippen molar-refractivity contribution in [2.75, 3.05) is 18.1 Å². The maximum atomic E-state index is 12.8. The third-order valence-corrected chi connectivity index (χ3v) is 6.41. The predicted molar refractivity (Wildman–Crippen MR) is 104 cm³/mol. The van der Waals surface area contributed by atoms with Crippen LogP contribution in [-0.2, 0) is 6.18 Å². The van der Waals surface area contributed by atoms with Crippen LogP contribution < -0.4 is 5.32 Å². The summed E-state index contributed by atoms with van der Waals surface area (Å²) in [7, 11) is 0. The Morgan fingerprint density at radius 2 is 1.67 bits per heavy atom. The van der Waals surface area contributed by atoms with E-state index in [0.29, 0.717) is 17.1 Å². The number of nitrogens with one attached hydrogen (secondary N) is 1. The highest BCUT2D eigenvalue weighted by Gasteiger charge is 2.41. The summed E-state index contributed by atoms with van der Waals surface area (Å²) < 4.78 is 38.7. The Balaban J connectivity index is 1.69. The molecule has 140 valence electrons. The van der Waals surface area contributed by atoms with Gasteiger partial charge in [-0.2, -0.15) is 24.9 Å². The van der Waals surface area contributed by atoms with E-state index >= 15 is 0 Å². The number of hydrogen-bond acceptors (Lipinski definition) is 4. The molecule has 4 rings (SSSR count). The van der Waals surface area contributed by atoms with Gasteiger partial charge in [0.1, 0.15) is 5.69 Å². The fourth-order valence-electron chi connectivity index (χ4n) is 3.10. The molecule has 0 unspecified atom stereocenters. The zero-order valence-electron chi connectivity index (χ0n) is 14.7. The standard InChI is InChI=1S/C20H18F3N3S/c1-27-19(10-11-19)12-24-18-16-5-3-2-4-15(16)17(25-26-18)13-6-8-14(9-7-13)20(21,22)23/h2-9H,10-12H2,1H3,(H,24,26). The molecule has 1 aromatic heterocycles. The second-order valence-corrected chi connectivity index (χ2v) is 8.03. The number of hydrogen-bond donors (Lipinski definition) is 1. The summed E-state index contributed by atoms with van der Waals surface area (Å²) >= 11 is 1.86. The second kappa shape index (κ2) is 6.71. The summed E-state index contributed by atoms with van der Waals surface area (Å²) in [5.41, 5.74) is 0.519. The zero-order chi connectivity index (χ0) is 19.1. The van der Waals surface area contributed by atoms with Crippen LogP contribution in [0.2, 0.25) is 0 Å². The van der Waals surface area contributed by atoms with E-state index in [1.807, 2.05) is 36.0 Å².